The molecule has 1 aromatic rings. The van der Waals surface area contributed by atoms with Crippen molar-refractivity contribution in [3.63, 3.8) is 0 Å². The van der Waals surface area contributed by atoms with E-state index in [-0.39, 0.29) is 5.91 Å². The number of anilines is 1. The van der Waals surface area contributed by atoms with Gasteiger partial charge >= 0.3 is 0 Å². The Balaban J connectivity index is 1.78. The molecule has 5 heteroatoms. The molecule has 114 valence electrons. The van der Waals surface area contributed by atoms with Crippen molar-refractivity contribution in [2.75, 3.05) is 11.9 Å². The minimum Gasteiger partial charge on any atom is -0.411 e. The first kappa shape index (κ1) is 15.5. The monoisotopic (exact) mass is 290 g/mol. The Morgan fingerprint density at radius 2 is 2.05 bits per heavy atom. The number of benzene rings is 1. The number of hydrogen-bond acceptors (Lipinski definition) is 4. The van der Waals surface area contributed by atoms with Gasteiger partial charge in [-0.15, -0.1) is 0 Å². The van der Waals surface area contributed by atoms with Crippen LogP contribution in [-0.4, -0.2) is 29.5 Å². The minimum atomic E-state index is 0.0373. The van der Waals surface area contributed by atoms with E-state index in [0.717, 1.165) is 30.7 Å². The van der Waals surface area contributed by atoms with E-state index >= 15 is 0 Å². The quantitative estimate of drug-likeness (QED) is 0.480. The standard InChI is InChI=1S/C16H22N2O3/c1-3-21-15-8-12(9-15)10-16(19)17-14-6-4-13(5-7-14)11(2)18-20/h4-7,12,15,20H,3,8-10H2,1-2H3,(H,17,19)/b18-11+. The van der Waals surface area contributed by atoms with Crippen LogP contribution in [0, 0.1) is 5.92 Å². The Bertz CT molecular complexity index is 505. The molecule has 0 aromatic heterocycles. The SMILES string of the molecule is CCOC1CC(CC(=O)Nc2ccc(/C(C)=N/O)cc2)C1. The lowest BCUT2D eigenvalue weighted by molar-refractivity contribution is -0.119. The van der Waals surface area contributed by atoms with Gasteiger partial charge in [-0.2, -0.15) is 0 Å². The molecule has 0 radical (unpaired) electrons. The molecule has 1 aliphatic rings. The molecule has 21 heavy (non-hydrogen) atoms. The molecule has 1 aromatic carbocycles. The van der Waals surface area contributed by atoms with E-state index in [1.165, 1.54) is 0 Å². The molecule has 2 N–H and O–H groups in total. The van der Waals surface area contributed by atoms with E-state index in [9.17, 15) is 4.79 Å². The normalized spacial score (nSPS) is 21.7. The van der Waals surface area contributed by atoms with Crippen molar-refractivity contribution < 1.29 is 14.7 Å². The van der Waals surface area contributed by atoms with Gasteiger partial charge in [-0.05, 0) is 50.3 Å². The maximum atomic E-state index is 11.9. The fraction of sp³-hybridized carbons (Fsp3) is 0.500. The molecule has 0 heterocycles. The van der Waals surface area contributed by atoms with Crippen LogP contribution in [0.4, 0.5) is 5.69 Å². The molecule has 2 rings (SSSR count). The smallest absolute Gasteiger partial charge is 0.224 e. The number of carbonyl (C=O) groups excluding carboxylic acids is 1. The molecule has 0 saturated heterocycles. The van der Waals surface area contributed by atoms with Gasteiger partial charge in [0.25, 0.3) is 0 Å². The zero-order valence-corrected chi connectivity index (χ0v) is 12.5. The van der Waals surface area contributed by atoms with Crippen molar-refractivity contribution in [1.82, 2.24) is 0 Å². The summed E-state index contributed by atoms with van der Waals surface area (Å²) in [5.74, 6) is 0.472. The number of oxime groups is 1. The highest BCUT2D eigenvalue weighted by Gasteiger charge is 2.30. The van der Waals surface area contributed by atoms with E-state index < -0.39 is 0 Å². The summed E-state index contributed by atoms with van der Waals surface area (Å²) in [5, 5.41) is 14.7. The molecule has 0 unspecified atom stereocenters. The van der Waals surface area contributed by atoms with Gasteiger partial charge in [0, 0.05) is 18.7 Å². The van der Waals surface area contributed by atoms with Crippen LogP contribution >= 0.6 is 0 Å². The van der Waals surface area contributed by atoms with Gasteiger partial charge in [-0.1, -0.05) is 17.3 Å². The Morgan fingerprint density at radius 3 is 2.62 bits per heavy atom. The number of ether oxygens (including phenoxy) is 1. The highest BCUT2D eigenvalue weighted by Crippen LogP contribution is 2.32. The molecule has 5 nitrogen and oxygen atoms in total. The summed E-state index contributed by atoms with van der Waals surface area (Å²) in [6.07, 6.45) is 2.84. The number of rotatable bonds is 6. The maximum absolute atomic E-state index is 11.9. The third kappa shape index (κ3) is 4.29. The van der Waals surface area contributed by atoms with Crippen molar-refractivity contribution in [1.29, 1.82) is 0 Å². The van der Waals surface area contributed by atoms with E-state index in [4.69, 9.17) is 9.94 Å². The number of amides is 1. The predicted octanol–water partition coefficient (Wildman–Crippen LogP) is 3.03. The molecule has 0 atom stereocenters. The van der Waals surface area contributed by atoms with Gasteiger partial charge in [0.1, 0.15) is 0 Å². The number of nitrogens with zero attached hydrogens (tertiary/aromatic N) is 1. The van der Waals surface area contributed by atoms with Crippen LogP contribution in [0.1, 0.15) is 38.7 Å². The van der Waals surface area contributed by atoms with Gasteiger partial charge < -0.3 is 15.3 Å². The first-order chi connectivity index (χ1) is 10.1. The van der Waals surface area contributed by atoms with Crippen LogP contribution in [0.2, 0.25) is 0 Å². The summed E-state index contributed by atoms with van der Waals surface area (Å²) in [6, 6.07) is 7.26. The Morgan fingerprint density at radius 1 is 1.38 bits per heavy atom. The summed E-state index contributed by atoms with van der Waals surface area (Å²) in [6.45, 7) is 4.46. The van der Waals surface area contributed by atoms with Crippen molar-refractivity contribution in [3.8, 4) is 0 Å². The fourth-order valence-electron chi connectivity index (χ4n) is 2.54. The van der Waals surface area contributed by atoms with Crippen LogP contribution in [0.25, 0.3) is 0 Å². The topological polar surface area (TPSA) is 70.9 Å². The lowest BCUT2D eigenvalue weighted by Gasteiger charge is -2.34. The van der Waals surface area contributed by atoms with Gasteiger partial charge in [0.05, 0.1) is 11.8 Å². The van der Waals surface area contributed by atoms with Gasteiger partial charge in [-0.3, -0.25) is 4.79 Å². The first-order valence-electron chi connectivity index (χ1n) is 7.33. The first-order valence-corrected chi connectivity index (χ1v) is 7.33. The molecule has 0 aliphatic heterocycles. The second-order valence-corrected chi connectivity index (χ2v) is 5.43. The lowest BCUT2D eigenvalue weighted by atomic mass is 9.80. The Labute approximate surface area is 125 Å². The van der Waals surface area contributed by atoms with Crippen molar-refractivity contribution in [2.24, 2.45) is 11.1 Å². The molecule has 1 aliphatic carbocycles. The highest BCUT2D eigenvalue weighted by molar-refractivity contribution is 5.99. The minimum absolute atomic E-state index is 0.0373. The highest BCUT2D eigenvalue weighted by atomic mass is 16.5. The zero-order chi connectivity index (χ0) is 15.2. The summed E-state index contributed by atoms with van der Waals surface area (Å²) < 4.78 is 5.49. The summed E-state index contributed by atoms with van der Waals surface area (Å²) in [4.78, 5) is 11.9. The van der Waals surface area contributed by atoms with Crippen molar-refractivity contribution in [2.45, 2.75) is 39.2 Å². The second-order valence-electron chi connectivity index (χ2n) is 5.43. The average Bonchev–Trinajstić information content (AvgIpc) is 2.45. The molecule has 1 amide bonds. The Hall–Kier alpha value is -1.88. The zero-order valence-electron chi connectivity index (χ0n) is 12.5. The van der Waals surface area contributed by atoms with Gasteiger partial charge in [0.2, 0.25) is 5.91 Å². The number of carbonyl (C=O) groups is 1. The summed E-state index contributed by atoms with van der Waals surface area (Å²) >= 11 is 0. The van der Waals surface area contributed by atoms with Crippen molar-refractivity contribution >= 4 is 17.3 Å². The van der Waals surface area contributed by atoms with Crippen LogP contribution < -0.4 is 5.32 Å². The fourth-order valence-corrected chi connectivity index (χ4v) is 2.54. The molecule has 1 fully saturated rings. The van der Waals surface area contributed by atoms with Crippen LogP contribution in [0.5, 0.6) is 0 Å². The van der Waals surface area contributed by atoms with Gasteiger partial charge in [-0.25, -0.2) is 0 Å². The van der Waals surface area contributed by atoms with Crippen molar-refractivity contribution in [3.05, 3.63) is 29.8 Å². The lowest BCUT2D eigenvalue weighted by Crippen LogP contribution is -2.33. The largest absolute Gasteiger partial charge is 0.411 e. The second kappa shape index (κ2) is 7.22. The van der Waals surface area contributed by atoms with Crippen LogP contribution in [0.15, 0.2) is 29.4 Å². The molecule has 0 bridgehead atoms. The number of nitrogens with one attached hydrogen (secondary N) is 1. The third-order valence-electron chi connectivity index (χ3n) is 3.81. The van der Waals surface area contributed by atoms with E-state index in [1.807, 2.05) is 31.2 Å². The average molecular weight is 290 g/mol. The summed E-state index contributed by atoms with van der Waals surface area (Å²) in [5.41, 5.74) is 2.13. The maximum Gasteiger partial charge on any atom is 0.224 e. The van der Waals surface area contributed by atoms with E-state index in [0.29, 0.717) is 24.2 Å². The molecule has 0 spiro atoms. The summed E-state index contributed by atoms with van der Waals surface area (Å²) in [7, 11) is 0. The van der Waals surface area contributed by atoms with Gasteiger partial charge in [0.15, 0.2) is 0 Å². The molecular weight excluding hydrogens is 268 g/mol. The Kier molecular flexibility index (Phi) is 5.33. The van der Waals surface area contributed by atoms with E-state index in [2.05, 4.69) is 10.5 Å². The number of hydrogen-bond donors (Lipinski definition) is 2. The molecule has 1 saturated carbocycles. The third-order valence-corrected chi connectivity index (χ3v) is 3.81. The van der Waals surface area contributed by atoms with Crippen LogP contribution in [-0.2, 0) is 9.53 Å². The molecular formula is C16H22N2O3. The van der Waals surface area contributed by atoms with Crippen LogP contribution in [0.3, 0.4) is 0 Å². The predicted molar refractivity (Wildman–Crippen MR) is 81.8 cm³/mol. The van der Waals surface area contributed by atoms with E-state index in [1.54, 1.807) is 6.92 Å².